The summed E-state index contributed by atoms with van der Waals surface area (Å²) in [5, 5.41) is 8.89. The second kappa shape index (κ2) is 10.0. The molecule has 144 valence electrons. The summed E-state index contributed by atoms with van der Waals surface area (Å²) in [6.07, 6.45) is 0.826. The Morgan fingerprint density at radius 3 is 2.54 bits per heavy atom. The highest BCUT2D eigenvalue weighted by atomic mass is 35.5. The predicted molar refractivity (Wildman–Crippen MR) is 111 cm³/mol. The summed E-state index contributed by atoms with van der Waals surface area (Å²) in [5.41, 5.74) is 2.79. The number of hydrogen-bond donors (Lipinski definition) is 2. The highest BCUT2D eigenvalue weighted by molar-refractivity contribution is 7.09. The minimum atomic E-state index is -0.227. The van der Waals surface area contributed by atoms with Crippen molar-refractivity contribution in [2.75, 3.05) is 6.54 Å². The van der Waals surface area contributed by atoms with Crippen molar-refractivity contribution in [1.29, 1.82) is 0 Å². The molecule has 7 heteroatoms. The van der Waals surface area contributed by atoms with Crippen molar-refractivity contribution in [3.63, 3.8) is 0 Å². The summed E-state index contributed by atoms with van der Waals surface area (Å²) < 4.78 is 0. The quantitative estimate of drug-likeness (QED) is 0.594. The lowest BCUT2D eigenvalue weighted by molar-refractivity contribution is -0.125. The number of nitrogens with one attached hydrogen (secondary N) is 2. The van der Waals surface area contributed by atoms with Gasteiger partial charge in [-0.1, -0.05) is 54.1 Å². The zero-order valence-electron chi connectivity index (χ0n) is 15.2. The van der Waals surface area contributed by atoms with E-state index in [1.807, 2.05) is 60.0 Å². The molecule has 1 aromatic heterocycles. The predicted octanol–water partition coefficient (Wildman–Crippen LogP) is 3.36. The number of halogens is 1. The highest BCUT2D eigenvalue weighted by Gasteiger charge is 2.10. The molecule has 0 unspecified atom stereocenters. The molecule has 0 bridgehead atoms. The number of hydrogen-bond acceptors (Lipinski definition) is 4. The molecule has 3 rings (SSSR count). The van der Waals surface area contributed by atoms with Crippen LogP contribution in [0.3, 0.4) is 0 Å². The van der Waals surface area contributed by atoms with Gasteiger partial charge in [-0.3, -0.25) is 9.59 Å². The van der Waals surface area contributed by atoms with E-state index < -0.39 is 0 Å². The van der Waals surface area contributed by atoms with Gasteiger partial charge in [-0.25, -0.2) is 4.98 Å². The number of rotatable bonds is 8. The molecule has 3 aromatic rings. The number of nitrogens with zero attached hydrogens (tertiary/aromatic N) is 1. The van der Waals surface area contributed by atoms with E-state index in [0.29, 0.717) is 23.7 Å². The fourth-order valence-electron chi connectivity index (χ4n) is 2.60. The normalized spacial score (nSPS) is 10.5. The molecule has 0 atom stereocenters. The maximum atomic E-state index is 12.1. The number of benzene rings is 2. The van der Waals surface area contributed by atoms with Gasteiger partial charge in [-0.15, -0.1) is 11.3 Å². The number of thiazole rings is 1. The lowest BCUT2D eigenvalue weighted by atomic mass is 10.2. The third-order valence-electron chi connectivity index (χ3n) is 3.96. The van der Waals surface area contributed by atoms with Crippen LogP contribution < -0.4 is 10.6 Å². The number of carbonyl (C=O) groups excluding carboxylic acids is 2. The molecule has 0 aliphatic carbocycles. The highest BCUT2D eigenvalue weighted by Crippen LogP contribution is 2.18. The minimum Gasteiger partial charge on any atom is -0.350 e. The van der Waals surface area contributed by atoms with Crippen LogP contribution in [-0.2, 0) is 29.0 Å². The molecule has 2 N–H and O–H groups in total. The van der Waals surface area contributed by atoms with E-state index in [9.17, 15) is 9.59 Å². The second-order valence-corrected chi connectivity index (χ2v) is 7.63. The Morgan fingerprint density at radius 2 is 1.75 bits per heavy atom. The van der Waals surface area contributed by atoms with Crippen molar-refractivity contribution in [1.82, 2.24) is 15.6 Å². The van der Waals surface area contributed by atoms with Crippen LogP contribution >= 0.6 is 22.9 Å². The Balaban J connectivity index is 1.41. The lowest BCUT2D eigenvalue weighted by Crippen LogP contribution is -2.37. The minimum absolute atomic E-state index is 0.0504. The fourth-order valence-corrected chi connectivity index (χ4v) is 3.64. The molecule has 0 aliphatic rings. The number of carbonyl (C=O) groups is 2. The largest absolute Gasteiger partial charge is 0.350 e. The van der Waals surface area contributed by atoms with Gasteiger partial charge in [0.1, 0.15) is 0 Å². The van der Waals surface area contributed by atoms with Gasteiger partial charge >= 0.3 is 0 Å². The van der Waals surface area contributed by atoms with E-state index >= 15 is 0 Å². The molecular formula is C21H20ClN3O2S. The zero-order chi connectivity index (χ0) is 19.8. The van der Waals surface area contributed by atoms with E-state index in [2.05, 4.69) is 15.6 Å². The molecule has 2 aromatic carbocycles. The molecule has 0 spiro atoms. The Labute approximate surface area is 172 Å². The lowest BCUT2D eigenvalue weighted by Gasteiger charge is -2.06. The van der Waals surface area contributed by atoms with Crippen molar-refractivity contribution in [3.05, 3.63) is 86.8 Å². The first-order valence-corrected chi connectivity index (χ1v) is 10.1. The van der Waals surface area contributed by atoms with Gasteiger partial charge in [0.2, 0.25) is 11.8 Å². The van der Waals surface area contributed by atoms with Crippen LogP contribution in [0.25, 0.3) is 0 Å². The molecule has 1 heterocycles. The van der Waals surface area contributed by atoms with Crippen LogP contribution in [0.2, 0.25) is 5.02 Å². The van der Waals surface area contributed by atoms with Gasteiger partial charge < -0.3 is 10.6 Å². The van der Waals surface area contributed by atoms with Crippen LogP contribution in [0.15, 0.2) is 60.0 Å². The van der Waals surface area contributed by atoms with Crippen LogP contribution in [0, 0.1) is 0 Å². The summed E-state index contributed by atoms with van der Waals surface area (Å²) in [7, 11) is 0. The van der Waals surface area contributed by atoms with Crippen molar-refractivity contribution in [3.8, 4) is 0 Å². The molecule has 0 saturated heterocycles. The van der Waals surface area contributed by atoms with E-state index in [1.165, 1.54) is 11.3 Å². The molecule has 0 saturated carbocycles. The van der Waals surface area contributed by atoms with Gasteiger partial charge in [0, 0.05) is 23.4 Å². The Bertz CT molecular complexity index is 944. The van der Waals surface area contributed by atoms with Crippen LogP contribution in [0.5, 0.6) is 0 Å². The van der Waals surface area contributed by atoms with E-state index in [0.717, 1.165) is 16.1 Å². The standard InChI is InChI=1S/C21H20ClN3O2S/c22-17-8-4-7-16(9-17)10-21-25-18(14-28-21)11-19(26)24-13-20(27)23-12-15-5-2-1-3-6-15/h1-9,14H,10-13H2,(H,23,27)(H,24,26). The van der Waals surface area contributed by atoms with E-state index in [1.54, 1.807) is 0 Å². The first-order chi connectivity index (χ1) is 13.6. The Morgan fingerprint density at radius 1 is 0.964 bits per heavy atom. The van der Waals surface area contributed by atoms with Crippen molar-refractivity contribution < 1.29 is 9.59 Å². The summed E-state index contributed by atoms with van der Waals surface area (Å²) in [4.78, 5) is 28.4. The molecule has 2 amide bonds. The first-order valence-electron chi connectivity index (χ1n) is 8.83. The van der Waals surface area contributed by atoms with Gasteiger partial charge in [0.15, 0.2) is 0 Å². The SMILES string of the molecule is O=C(CNC(=O)Cc1csc(Cc2cccc(Cl)c2)n1)NCc1ccccc1. The van der Waals surface area contributed by atoms with Crippen molar-refractivity contribution >= 4 is 34.8 Å². The van der Waals surface area contributed by atoms with E-state index in [-0.39, 0.29) is 24.8 Å². The van der Waals surface area contributed by atoms with Crippen LogP contribution in [-0.4, -0.2) is 23.3 Å². The maximum Gasteiger partial charge on any atom is 0.239 e. The maximum absolute atomic E-state index is 12.1. The summed E-state index contributed by atoms with van der Waals surface area (Å²) >= 11 is 7.51. The van der Waals surface area contributed by atoms with E-state index in [4.69, 9.17) is 11.6 Å². The third kappa shape index (κ3) is 6.48. The zero-order valence-corrected chi connectivity index (χ0v) is 16.7. The van der Waals surface area contributed by atoms with Crippen molar-refractivity contribution in [2.24, 2.45) is 0 Å². The topological polar surface area (TPSA) is 71.1 Å². The molecule has 5 nitrogen and oxygen atoms in total. The van der Waals surface area contributed by atoms with Gasteiger partial charge in [-0.05, 0) is 23.3 Å². The summed E-state index contributed by atoms with van der Waals surface area (Å²) in [5.74, 6) is -0.452. The molecule has 0 fully saturated rings. The number of aromatic nitrogens is 1. The third-order valence-corrected chi connectivity index (χ3v) is 5.10. The van der Waals surface area contributed by atoms with Gasteiger partial charge in [0.05, 0.1) is 23.7 Å². The summed E-state index contributed by atoms with van der Waals surface area (Å²) in [6, 6.07) is 17.3. The summed E-state index contributed by atoms with van der Waals surface area (Å²) in [6.45, 7) is 0.389. The molecule has 0 radical (unpaired) electrons. The Kier molecular flexibility index (Phi) is 7.17. The van der Waals surface area contributed by atoms with Gasteiger partial charge in [0.25, 0.3) is 0 Å². The average Bonchev–Trinajstić information content (AvgIpc) is 3.12. The van der Waals surface area contributed by atoms with Crippen molar-refractivity contribution in [2.45, 2.75) is 19.4 Å². The first kappa shape index (κ1) is 20.0. The molecular weight excluding hydrogens is 394 g/mol. The average molecular weight is 414 g/mol. The van der Waals surface area contributed by atoms with Crippen LogP contribution in [0.4, 0.5) is 0 Å². The van der Waals surface area contributed by atoms with Gasteiger partial charge in [-0.2, -0.15) is 0 Å². The molecule has 0 aliphatic heterocycles. The monoisotopic (exact) mass is 413 g/mol. The fraction of sp³-hybridized carbons (Fsp3) is 0.190. The Hall–Kier alpha value is -2.70. The number of amides is 2. The molecule has 28 heavy (non-hydrogen) atoms. The second-order valence-electron chi connectivity index (χ2n) is 6.26. The smallest absolute Gasteiger partial charge is 0.239 e. The van der Waals surface area contributed by atoms with Crippen LogP contribution in [0.1, 0.15) is 21.8 Å².